The highest BCUT2D eigenvalue weighted by Crippen LogP contribution is 2.32. The summed E-state index contributed by atoms with van der Waals surface area (Å²) in [5.74, 6) is -0.778. The van der Waals surface area contributed by atoms with Crippen molar-refractivity contribution in [3.8, 4) is 0 Å². The van der Waals surface area contributed by atoms with E-state index in [9.17, 15) is 22.8 Å². The zero-order valence-electron chi connectivity index (χ0n) is 10.7. The van der Waals surface area contributed by atoms with E-state index in [2.05, 4.69) is 5.32 Å². The largest absolute Gasteiger partial charge is 0.416 e. The number of rotatable bonds is 2. The first-order valence-electron chi connectivity index (χ1n) is 6.11. The van der Waals surface area contributed by atoms with Crippen molar-refractivity contribution in [1.29, 1.82) is 0 Å². The number of nitrogens with one attached hydrogen (secondary N) is 1. The lowest BCUT2D eigenvalue weighted by molar-refractivity contribution is -0.137. The third kappa shape index (κ3) is 2.61. The molecule has 0 saturated carbocycles. The predicted molar refractivity (Wildman–Crippen MR) is 66.0 cm³/mol. The van der Waals surface area contributed by atoms with Gasteiger partial charge in [0.2, 0.25) is 11.8 Å². The van der Waals surface area contributed by atoms with Crippen LogP contribution in [0, 0.1) is 0 Å². The van der Waals surface area contributed by atoms with Crippen LogP contribution < -0.4 is 10.2 Å². The van der Waals surface area contributed by atoms with E-state index in [4.69, 9.17) is 0 Å². The Kier molecular flexibility index (Phi) is 3.69. The zero-order chi connectivity index (χ0) is 14.9. The van der Waals surface area contributed by atoms with Crippen molar-refractivity contribution < 1.29 is 22.8 Å². The topological polar surface area (TPSA) is 49.4 Å². The molecule has 1 aliphatic heterocycles. The lowest BCUT2D eigenvalue weighted by atomic mass is 10.1. The minimum absolute atomic E-state index is 0.0894. The van der Waals surface area contributed by atoms with Gasteiger partial charge in [0.05, 0.1) is 12.1 Å². The zero-order valence-corrected chi connectivity index (χ0v) is 10.7. The van der Waals surface area contributed by atoms with Gasteiger partial charge in [0.1, 0.15) is 6.04 Å². The van der Waals surface area contributed by atoms with Crippen molar-refractivity contribution in [2.75, 3.05) is 11.4 Å². The van der Waals surface area contributed by atoms with Gasteiger partial charge >= 0.3 is 6.18 Å². The third-order valence-electron chi connectivity index (χ3n) is 3.14. The molecule has 2 rings (SSSR count). The van der Waals surface area contributed by atoms with Gasteiger partial charge in [-0.25, -0.2) is 0 Å². The van der Waals surface area contributed by atoms with Crippen molar-refractivity contribution in [3.05, 3.63) is 29.8 Å². The molecule has 1 aliphatic rings. The van der Waals surface area contributed by atoms with Gasteiger partial charge < -0.3 is 5.32 Å². The fourth-order valence-electron chi connectivity index (χ4n) is 2.18. The number of alkyl halides is 3. The second kappa shape index (κ2) is 5.15. The van der Waals surface area contributed by atoms with E-state index in [1.165, 1.54) is 12.1 Å². The molecule has 1 atom stereocenters. The summed E-state index contributed by atoms with van der Waals surface area (Å²) in [5, 5.41) is 2.43. The average molecular weight is 286 g/mol. The number of halogens is 3. The first-order chi connectivity index (χ1) is 9.34. The Balaban J connectivity index is 2.42. The van der Waals surface area contributed by atoms with E-state index in [0.29, 0.717) is 6.42 Å². The number of hydrogen-bond acceptors (Lipinski definition) is 2. The molecule has 1 unspecified atom stereocenters. The van der Waals surface area contributed by atoms with Gasteiger partial charge in [0, 0.05) is 5.69 Å². The molecular formula is C13H13F3N2O2. The summed E-state index contributed by atoms with van der Waals surface area (Å²) in [4.78, 5) is 24.7. The Morgan fingerprint density at radius 1 is 1.35 bits per heavy atom. The number of hydrogen-bond donors (Lipinski definition) is 1. The van der Waals surface area contributed by atoms with Crippen LogP contribution in [0.1, 0.15) is 18.9 Å². The molecule has 0 bridgehead atoms. The number of nitrogens with zero attached hydrogens (tertiary/aromatic N) is 1. The molecule has 1 aromatic carbocycles. The van der Waals surface area contributed by atoms with Crippen molar-refractivity contribution in [2.24, 2.45) is 0 Å². The maximum absolute atomic E-state index is 12.7. The van der Waals surface area contributed by atoms with Crippen LogP contribution in [0.2, 0.25) is 0 Å². The fraction of sp³-hybridized carbons (Fsp3) is 0.385. The Morgan fingerprint density at radius 2 is 2.05 bits per heavy atom. The monoisotopic (exact) mass is 286 g/mol. The summed E-state index contributed by atoms with van der Waals surface area (Å²) in [6.45, 7) is 1.50. The van der Waals surface area contributed by atoms with Gasteiger partial charge in [-0.05, 0) is 24.6 Å². The highest BCUT2D eigenvalue weighted by Gasteiger charge is 2.36. The van der Waals surface area contributed by atoms with Crippen LogP contribution in [-0.4, -0.2) is 24.4 Å². The maximum atomic E-state index is 12.7. The van der Waals surface area contributed by atoms with Gasteiger partial charge in [-0.3, -0.25) is 14.5 Å². The highest BCUT2D eigenvalue weighted by molar-refractivity contribution is 6.06. The Labute approximate surface area is 113 Å². The molecule has 0 aliphatic carbocycles. The summed E-state index contributed by atoms with van der Waals surface area (Å²) in [5.41, 5.74) is -0.754. The van der Waals surface area contributed by atoms with E-state index in [1.807, 2.05) is 0 Å². The van der Waals surface area contributed by atoms with Gasteiger partial charge in [0.25, 0.3) is 0 Å². The number of benzene rings is 1. The second-order valence-corrected chi connectivity index (χ2v) is 4.45. The van der Waals surface area contributed by atoms with E-state index in [1.54, 1.807) is 6.92 Å². The highest BCUT2D eigenvalue weighted by atomic mass is 19.4. The Morgan fingerprint density at radius 3 is 2.65 bits per heavy atom. The SMILES string of the molecule is CCC1C(=O)NCC(=O)N1c1cccc(C(F)(F)F)c1. The minimum Gasteiger partial charge on any atom is -0.345 e. The predicted octanol–water partition coefficient (Wildman–Crippen LogP) is 1.95. The Hall–Kier alpha value is -2.05. The first-order valence-corrected chi connectivity index (χ1v) is 6.11. The molecule has 4 nitrogen and oxygen atoms in total. The summed E-state index contributed by atoms with van der Waals surface area (Å²) < 4.78 is 38.1. The van der Waals surface area contributed by atoms with Crippen LogP contribution in [0.25, 0.3) is 0 Å². The number of anilines is 1. The maximum Gasteiger partial charge on any atom is 0.416 e. The smallest absolute Gasteiger partial charge is 0.345 e. The van der Waals surface area contributed by atoms with E-state index in [-0.39, 0.29) is 18.1 Å². The molecule has 1 fully saturated rings. The van der Waals surface area contributed by atoms with Crippen molar-refractivity contribution >= 4 is 17.5 Å². The fourth-order valence-corrected chi connectivity index (χ4v) is 2.18. The van der Waals surface area contributed by atoms with Gasteiger partial charge in [-0.2, -0.15) is 13.2 Å². The minimum atomic E-state index is -4.49. The van der Waals surface area contributed by atoms with Crippen LogP contribution >= 0.6 is 0 Å². The summed E-state index contributed by atoms with van der Waals surface area (Å²) in [7, 11) is 0. The van der Waals surface area contributed by atoms with Gasteiger partial charge in [-0.1, -0.05) is 13.0 Å². The molecule has 1 heterocycles. The average Bonchev–Trinajstić information content (AvgIpc) is 2.40. The third-order valence-corrected chi connectivity index (χ3v) is 3.14. The summed E-state index contributed by atoms with van der Waals surface area (Å²) in [6.07, 6.45) is -4.16. The molecular weight excluding hydrogens is 273 g/mol. The van der Waals surface area contributed by atoms with E-state index in [0.717, 1.165) is 17.0 Å². The molecule has 20 heavy (non-hydrogen) atoms. The molecule has 7 heteroatoms. The second-order valence-electron chi connectivity index (χ2n) is 4.45. The molecule has 0 spiro atoms. The van der Waals surface area contributed by atoms with Crippen LogP contribution in [0.5, 0.6) is 0 Å². The van der Waals surface area contributed by atoms with E-state index >= 15 is 0 Å². The van der Waals surface area contributed by atoms with Crippen LogP contribution in [0.4, 0.5) is 18.9 Å². The lowest BCUT2D eigenvalue weighted by Crippen LogP contribution is -2.58. The first kappa shape index (κ1) is 14.4. The molecule has 108 valence electrons. The summed E-state index contributed by atoms with van der Waals surface area (Å²) in [6, 6.07) is 3.66. The molecule has 1 N–H and O–H groups in total. The van der Waals surface area contributed by atoms with Crippen LogP contribution in [0.3, 0.4) is 0 Å². The summed E-state index contributed by atoms with van der Waals surface area (Å²) >= 11 is 0. The molecule has 1 saturated heterocycles. The Bertz CT molecular complexity index is 543. The number of carbonyl (C=O) groups excluding carboxylic acids is 2. The van der Waals surface area contributed by atoms with Crippen molar-refractivity contribution in [1.82, 2.24) is 5.32 Å². The molecule has 0 aromatic heterocycles. The molecule has 1 aromatic rings. The number of carbonyl (C=O) groups is 2. The van der Waals surface area contributed by atoms with Crippen LogP contribution in [-0.2, 0) is 15.8 Å². The van der Waals surface area contributed by atoms with Gasteiger partial charge in [-0.15, -0.1) is 0 Å². The van der Waals surface area contributed by atoms with E-state index < -0.39 is 23.7 Å². The van der Waals surface area contributed by atoms with Crippen LogP contribution in [0.15, 0.2) is 24.3 Å². The van der Waals surface area contributed by atoms with Crippen molar-refractivity contribution in [2.45, 2.75) is 25.6 Å². The number of piperazine rings is 1. The standard InChI is InChI=1S/C13H13F3N2O2/c1-2-10-12(20)17-7-11(19)18(10)9-5-3-4-8(6-9)13(14,15)16/h3-6,10H,2,7H2,1H3,(H,17,20). The normalized spacial score (nSPS) is 20.0. The number of amides is 2. The quantitative estimate of drug-likeness (QED) is 0.903. The molecule has 0 radical (unpaired) electrons. The van der Waals surface area contributed by atoms with Crippen molar-refractivity contribution in [3.63, 3.8) is 0 Å². The van der Waals surface area contributed by atoms with Gasteiger partial charge in [0.15, 0.2) is 0 Å². The molecule has 2 amide bonds. The lowest BCUT2D eigenvalue weighted by Gasteiger charge is -2.34.